The summed E-state index contributed by atoms with van der Waals surface area (Å²) in [6.07, 6.45) is 2.05. The first-order chi connectivity index (χ1) is 14.7. The van der Waals surface area contributed by atoms with Crippen molar-refractivity contribution in [2.45, 2.75) is 38.8 Å². The molecule has 0 aliphatic heterocycles. The van der Waals surface area contributed by atoms with Crippen LogP contribution in [0.15, 0.2) is 66.9 Å². The smallest absolute Gasteiger partial charge is 0.272 e. The second kappa shape index (κ2) is 9.55. The fraction of sp³-hybridized carbons (Fsp3) is 0.292. The predicted octanol–water partition coefficient (Wildman–Crippen LogP) is 3.89. The Bertz CT molecular complexity index is 996. The molecule has 2 aromatic carbocycles. The molecule has 0 saturated carbocycles. The van der Waals surface area contributed by atoms with Crippen LogP contribution in [-0.2, 0) is 11.2 Å². The highest BCUT2D eigenvalue weighted by atomic mass is 19.1. The maximum absolute atomic E-state index is 13.6. The second-order valence-corrected chi connectivity index (χ2v) is 8.40. The van der Waals surface area contributed by atoms with E-state index in [1.807, 2.05) is 51.1 Å². The summed E-state index contributed by atoms with van der Waals surface area (Å²) in [5.41, 5.74) is 1.35. The topological polar surface area (TPSA) is 78.1 Å². The van der Waals surface area contributed by atoms with Gasteiger partial charge in [-0.2, -0.15) is 5.10 Å². The van der Waals surface area contributed by atoms with Crippen molar-refractivity contribution in [3.05, 3.63) is 89.5 Å². The Kier molecular flexibility index (Phi) is 6.84. The molecule has 0 aliphatic carbocycles. The van der Waals surface area contributed by atoms with E-state index in [1.165, 1.54) is 35.4 Å². The summed E-state index contributed by atoms with van der Waals surface area (Å²) >= 11 is 0. The van der Waals surface area contributed by atoms with E-state index in [0.717, 1.165) is 5.56 Å². The van der Waals surface area contributed by atoms with Gasteiger partial charge in [-0.25, -0.2) is 4.39 Å². The summed E-state index contributed by atoms with van der Waals surface area (Å²) in [6, 6.07) is 16.0. The van der Waals surface area contributed by atoms with Gasteiger partial charge in [0.1, 0.15) is 17.6 Å². The molecular formula is C24H27FN4O2. The number of rotatable bonds is 7. The first-order valence-electron chi connectivity index (χ1n) is 10.2. The van der Waals surface area contributed by atoms with E-state index in [1.54, 1.807) is 6.07 Å². The molecular weight excluding hydrogens is 395 g/mol. The van der Waals surface area contributed by atoms with Crippen LogP contribution in [0.1, 0.15) is 48.4 Å². The fourth-order valence-electron chi connectivity index (χ4n) is 3.33. The Morgan fingerprint density at radius 2 is 1.74 bits per heavy atom. The van der Waals surface area contributed by atoms with Crippen LogP contribution < -0.4 is 5.32 Å². The maximum Gasteiger partial charge on any atom is 0.272 e. The summed E-state index contributed by atoms with van der Waals surface area (Å²) in [4.78, 5) is 28.2. The lowest BCUT2D eigenvalue weighted by Crippen LogP contribution is -2.49. The normalized spacial score (nSPS) is 12.3. The number of benzene rings is 2. The van der Waals surface area contributed by atoms with Gasteiger partial charge in [0, 0.05) is 18.3 Å². The van der Waals surface area contributed by atoms with Crippen molar-refractivity contribution in [2.75, 3.05) is 6.54 Å². The lowest BCUT2D eigenvalue weighted by Gasteiger charge is -2.33. The molecule has 7 heteroatoms. The molecule has 0 unspecified atom stereocenters. The average Bonchev–Trinajstić information content (AvgIpc) is 3.26. The van der Waals surface area contributed by atoms with Gasteiger partial charge in [0.05, 0.1) is 0 Å². The van der Waals surface area contributed by atoms with Crippen molar-refractivity contribution in [1.29, 1.82) is 0 Å². The molecule has 0 radical (unpaired) electrons. The highest BCUT2D eigenvalue weighted by molar-refractivity contribution is 5.96. The molecule has 0 bridgehead atoms. The van der Waals surface area contributed by atoms with Crippen LogP contribution in [0, 0.1) is 5.82 Å². The van der Waals surface area contributed by atoms with Gasteiger partial charge in [0.2, 0.25) is 5.91 Å². The predicted molar refractivity (Wildman–Crippen MR) is 117 cm³/mol. The molecule has 0 saturated heterocycles. The summed E-state index contributed by atoms with van der Waals surface area (Å²) in [6.45, 7) is 5.91. The third kappa shape index (κ3) is 6.01. The van der Waals surface area contributed by atoms with E-state index >= 15 is 0 Å². The Morgan fingerprint density at radius 3 is 2.32 bits per heavy atom. The molecule has 1 aromatic heterocycles. The van der Waals surface area contributed by atoms with Gasteiger partial charge in [-0.15, -0.1) is 0 Å². The van der Waals surface area contributed by atoms with E-state index in [2.05, 4.69) is 15.5 Å². The molecule has 1 atom stereocenters. The van der Waals surface area contributed by atoms with Crippen molar-refractivity contribution in [3.63, 3.8) is 0 Å². The van der Waals surface area contributed by atoms with Crippen LogP contribution in [0.3, 0.4) is 0 Å². The number of carbonyl (C=O) groups is 2. The zero-order valence-electron chi connectivity index (χ0n) is 17.9. The van der Waals surface area contributed by atoms with Gasteiger partial charge in [0.25, 0.3) is 5.91 Å². The van der Waals surface area contributed by atoms with Crippen LogP contribution in [0.4, 0.5) is 4.39 Å². The second-order valence-electron chi connectivity index (χ2n) is 8.40. The zero-order chi connectivity index (χ0) is 22.4. The summed E-state index contributed by atoms with van der Waals surface area (Å²) in [5, 5.41) is 9.51. The monoisotopic (exact) mass is 422 g/mol. The van der Waals surface area contributed by atoms with Crippen molar-refractivity contribution >= 4 is 11.8 Å². The summed E-state index contributed by atoms with van der Waals surface area (Å²) in [7, 11) is 0. The Hall–Kier alpha value is -3.48. The van der Waals surface area contributed by atoms with E-state index in [4.69, 9.17) is 0 Å². The lowest BCUT2D eigenvalue weighted by molar-refractivity contribution is -0.127. The SMILES string of the molecule is CC(C)(C)NC(=O)[C@@H](c1ccc(F)cc1)N(CCc1ccccc1)C(=O)c1ccn[nH]1. The summed E-state index contributed by atoms with van der Waals surface area (Å²) < 4.78 is 13.6. The van der Waals surface area contributed by atoms with Gasteiger partial charge in [-0.05, 0) is 56.5 Å². The van der Waals surface area contributed by atoms with Crippen LogP contribution in [0.25, 0.3) is 0 Å². The van der Waals surface area contributed by atoms with Gasteiger partial charge in [0.15, 0.2) is 0 Å². The quantitative estimate of drug-likeness (QED) is 0.606. The van der Waals surface area contributed by atoms with Crippen LogP contribution in [0.2, 0.25) is 0 Å². The molecule has 0 aliphatic rings. The molecule has 2 amide bonds. The minimum absolute atomic E-state index is 0.281. The average molecular weight is 423 g/mol. The zero-order valence-corrected chi connectivity index (χ0v) is 17.9. The number of nitrogens with zero attached hydrogens (tertiary/aromatic N) is 2. The number of H-pyrrole nitrogens is 1. The summed E-state index contributed by atoms with van der Waals surface area (Å²) in [5.74, 6) is -1.10. The molecule has 0 spiro atoms. The minimum atomic E-state index is -0.931. The molecule has 6 nitrogen and oxygen atoms in total. The Labute approximate surface area is 181 Å². The number of amides is 2. The minimum Gasteiger partial charge on any atom is -0.349 e. The van der Waals surface area contributed by atoms with Crippen LogP contribution in [-0.4, -0.2) is 39.0 Å². The van der Waals surface area contributed by atoms with Crippen LogP contribution >= 0.6 is 0 Å². The van der Waals surface area contributed by atoms with Crippen molar-refractivity contribution < 1.29 is 14.0 Å². The number of aromatic nitrogens is 2. The number of hydrogen-bond donors (Lipinski definition) is 2. The van der Waals surface area contributed by atoms with Crippen molar-refractivity contribution in [2.24, 2.45) is 0 Å². The molecule has 2 N–H and O–H groups in total. The number of halogens is 1. The standard InChI is InChI=1S/C24H27FN4O2/c1-24(2,3)27-22(30)21(18-9-11-19(25)12-10-18)29(23(31)20-13-15-26-28-20)16-14-17-7-5-4-6-8-17/h4-13,15,21H,14,16H2,1-3H3,(H,26,28)(H,27,30)/t21-/m1/s1. The Balaban J connectivity index is 2.00. The van der Waals surface area contributed by atoms with E-state index in [-0.39, 0.29) is 17.5 Å². The van der Waals surface area contributed by atoms with E-state index in [0.29, 0.717) is 18.5 Å². The molecule has 3 rings (SSSR count). The number of nitrogens with one attached hydrogen (secondary N) is 2. The van der Waals surface area contributed by atoms with Gasteiger partial charge in [-0.3, -0.25) is 14.7 Å². The number of aromatic amines is 1. The lowest BCUT2D eigenvalue weighted by atomic mass is 10.0. The first kappa shape index (κ1) is 22.2. The maximum atomic E-state index is 13.6. The largest absolute Gasteiger partial charge is 0.349 e. The molecule has 3 aromatic rings. The highest BCUT2D eigenvalue weighted by Crippen LogP contribution is 2.25. The third-order valence-corrected chi connectivity index (χ3v) is 4.72. The van der Waals surface area contributed by atoms with E-state index in [9.17, 15) is 14.0 Å². The van der Waals surface area contributed by atoms with Crippen molar-refractivity contribution in [3.8, 4) is 0 Å². The third-order valence-electron chi connectivity index (χ3n) is 4.72. The molecule has 0 fully saturated rings. The molecule has 162 valence electrons. The number of hydrogen-bond acceptors (Lipinski definition) is 3. The highest BCUT2D eigenvalue weighted by Gasteiger charge is 2.34. The first-order valence-corrected chi connectivity index (χ1v) is 10.2. The van der Waals surface area contributed by atoms with Crippen LogP contribution in [0.5, 0.6) is 0 Å². The molecule has 1 heterocycles. The van der Waals surface area contributed by atoms with Gasteiger partial charge >= 0.3 is 0 Å². The fourth-order valence-corrected chi connectivity index (χ4v) is 3.33. The van der Waals surface area contributed by atoms with E-state index < -0.39 is 17.4 Å². The van der Waals surface area contributed by atoms with Gasteiger partial charge in [-0.1, -0.05) is 42.5 Å². The van der Waals surface area contributed by atoms with Crippen molar-refractivity contribution in [1.82, 2.24) is 20.4 Å². The molecule has 31 heavy (non-hydrogen) atoms. The number of carbonyl (C=O) groups excluding carboxylic acids is 2. The van der Waals surface area contributed by atoms with Gasteiger partial charge < -0.3 is 10.2 Å². The Morgan fingerprint density at radius 1 is 1.06 bits per heavy atom.